The fraction of sp³-hybridized carbons (Fsp3) is 0. The van der Waals surface area contributed by atoms with Crippen LogP contribution in [-0.4, -0.2) is 0 Å². The van der Waals surface area contributed by atoms with E-state index < -0.39 is 0 Å². The summed E-state index contributed by atoms with van der Waals surface area (Å²) in [6.07, 6.45) is 0. The number of rotatable bonds is 0. The summed E-state index contributed by atoms with van der Waals surface area (Å²) in [6.45, 7) is 0. The summed E-state index contributed by atoms with van der Waals surface area (Å²) < 4.78 is 0. The Balaban J connectivity index is 0. The maximum Gasteiger partial charge on any atom is 6.00 e. The van der Waals surface area contributed by atoms with Crippen molar-refractivity contribution in [2.75, 3.05) is 0 Å². The van der Waals surface area contributed by atoms with E-state index in [-0.39, 0.29) is 126 Å². The van der Waals surface area contributed by atoms with Gasteiger partial charge in [0.1, 0.15) is 0 Å². The molecule has 0 aliphatic heterocycles. The van der Waals surface area contributed by atoms with E-state index in [2.05, 4.69) is 0 Å². The van der Waals surface area contributed by atoms with E-state index in [0.717, 1.165) is 0 Å². The van der Waals surface area contributed by atoms with Gasteiger partial charge in [-0.1, -0.05) is 0 Å². The van der Waals surface area contributed by atoms with Gasteiger partial charge in [-0.3, -0.25) is 0 Å². The second-order valence-corrected chi connectivity index (χ2v) is 0. The Bertz CT molecular complexity index is 15.6. The fourth-order valence-corrected chi connectivity index (χ4v) is 0. The molecule has 2 radical (unpaired) electrons. The van der Waals surface area contributed by atoms with Crippen LogP contribution in [0, 0.1) is 0 Å². The van der Waals surface area contributed by atoms with Crippen LogP contribution in [0.1, 0.15) is 0 Å². The van der Waals surface area contributed by atoms with Crippen LogP contribution in [-0.2, 0) is 126 Å². The first-order chi connectivity index (χ1) is 0. The molecule has 0 aliphatic carbocycles. The third kappa shape index (κ3) is 483. The van der Waals surface area contributed by atoms with Crippen LogP contribution < -0.4 is 0 Å². The van der Waals surface area contributed by atoms with Crippen molar-refractivity contribution >= 4 is 0 Å². The quantitative estimate of drug-likeness (QED) is 0.292. The maximum atomic E-state index is 0. The Morgan fingerprint density at radius 1 is 0.231 bits per heavy atom. The van der Waals surface area contributed by atoms with Crippen molar-refractivity contribution in [1.82, 2.24) is 0 Å². The molecule has 13 heavy (non-hydrogen) atoms. The number of hydrogen-bond donors (Lipinski definition) is 0. The van der Waals surface area contributed by atoms with Gasteiger partial charge in [0.15, 0.2) is 0 Å². The molecule has 82 valence electrons. The largest absolute Gasteiger partial charge is 6.00 e. The predicted octanol–water partition coefficient (Wildman–Crippen LogP) is -1.08. The minimum absolute atomic E-state index is 0. The standard InChI is InChI=1S/2Fe.9O.2W/q2*+3;9*-2;2*+6. The van der Waals surface area contributed by atoms with Crippen LogP contribution in [0.25, 0.3) is 0 Å². The molecule has 0 aromatic carbocycles. The van der Waals surface area contributed by atoms with Crippen molar-refractivity contribution < 1.29 is 126 Å². The van der Waals surface area contributed by atoms with Crippen LogP contribution in [0.4, 0.5) is 0 Å². The minimum atomic E-state index is 0. The molecule has 0 heterocycles. The Labute approximate surface area is 125 Å². The molecule has 13 heteroatoms. The molecule has 0 N–H and O–H groups in total. The van der Waals surface area contributed by atoms with Crippen LogP contribution in [0.2, 0.25) is 0 Å². The van der Waals surface area contributed by atoms with Crippen molar-refractivity contribution in [3.8, 4) is 0 Å². The summed E-state index contributed by atoms with van der Waals surface area (Å²) in [5, 5.41) is 0. The van der Waals surface area contributed by atoms with Crippen LogP contribution in [0.15, 0.2) is 0 Å². The van der Waals surface area contributed by atoms with Gasteiger partial charge in [-0.25, -0.2) is 0 Å². The first-order valence-corrected chi connectivity index (χ1v) is 0. The van der Waals surface area contributed by atoms with E-state index in [9.17, 15) is 0 Å². The average Bonchev–Trinajstić information content (AvgIpc) is 0. The Kier molecular flexibility index (Phi) is 30700. The number of hydrogen-bond acceptors (Lipinski definition) is 0. The molecule has 0 aromatic rings. The molecule has 9 nitrogen and oxygen atoms in total. The maximum absolute atomic E-state index is 0. The molecule has 0 saturated carbocycles. The van der Waals surface area contributed by atoms with E-state index in [4.69, 9.17) is 0 Å². The first-order valence-electron chi connectivity index (χ1n) is 0. The van der Waals surface area contributed by atoms with Gasteiger partial charge in [-0.05, 0) is 0 Å². The van der Waals surface area contributed by atoms with E-state index >= 15 is 0 Å². The summed E-state index contributed by atoms with van der Waals surface area (Å²) in [5.41, 5.74) is 0. The Morgan fingerprint density at radius 3 is 0.231 bits per heavy atom. The van der Waals surface area contributed by atoms with E-state index in [1.54, 1.807) is 0 Å². The second kappa shape index (κ2) is 567. The Morgan fingerprint density at radius 2 is 0.231 bits per heavy atom. The summed E-state index contributed by atoms with van der Waals surface area (Å²) in [7, 11) is 0. The van der Waals surface area contributed by atoms with Crippen molar-refractivity contribution in [1.29, 1.82) is 0 Å². The molecule has 0 bridgehead atoms. The zero-order valence-electron chi connectivity index (χ0n) is 5.20. The van der Waals surface area contributed by atoms with Crippen LogP contribution in [0.5, 0.6) is 0 Å². The zero-order chi connectivity index (χ0) is 0. The molecule has 0 fully saturated rings. The fourth-order valence-electron chi connectivity index (χ4n) is 0. The van der Waals surface area contributed by atoms with Crippen molar-refractivity contribution in [3.05, 3.63) is 0 Å². The SMILES string of the molecule is [Fe+3].[Fe+3].[O-2].[O-2].[O-2].[O-2].[O-2].[O-2].[O-2].[O-2].[O-2].[W+6].[W+6]. The smallest absolute Gasteiger partial charge is 2.00 e. The zero-order valence-corrected chi connectivity index (χ0v) is 13.3. The first kappa shape index (κ1) is 704. The molecule has 0 amide bonds. The average molecular weight is 623 g/mol. The van der Waals surface area contributed by atoms with E-state index in [1.807, 2.05) is 0 Å². The van der Waals surface area contributed by atoms with Crippen molar-refractivity contribution in [3.63, 3.8) is 0 Å². The topological polar surface area (TPSA) is 256 Å². The van der Waals surface area contributed by atoms with Crippen molar-refractivity contribution in [2.45, 2.75) is 0 Å². The molecule has 0 rings (SSSR count). The molecular formula is Fe2O9W2. The summed E-state index contributed by atoms with van der Waals surface area (Å²) in [4.78, 5) is 0. The van der Waals surface area contributed by atoms with Crippen molar-refractivity contribution in [2.24, 2.45) is 0 Å². The second-order valence-electron chi connectivity index (χ2n) is 0. The molecule has 0 saturated heterocycles. The summed E-state index contributed by atoms with van der Waals surface area (Å²) >= 11 is 0. The summed E-state index contributed by atoms with van der Waals surface area (Å²) in [6, 6.07) is 0. The van der Waals surface area contributed by atoms with Gasteiger partial charge in [0.2, 0.25) is 0 Å². The van der Waals surface area contributed by atoms with Gasteiger partial charge in [-0.2, -0.15) is 0 Å². The third-order valence-electron chi connectivity index (χ3n) is 0. The minimum Gasteiger partial charge on any atom is -2.00 e. The Hall–Kier alpha value is 2.06. The molecule has 0 aromatic heterocycles. The predicted molar refractivity (Wildman–Crippen MR) is 6.18 cm³/mol. The normalized spacial score (nSPS) is 0. The van der Waals surface area contributed by atoms with Gasteiger partial charge in [-0.15, -0.1) is 0 Å². The van der Waals surface area contributed by atoms with Gasteiger partial charge in [0.05, 0.1) is 0 Å². The summed E-state index contributed by atoms with van der Waals surface area (Å²) in [5.74, 6) is 0. The third-order valence-corrected chi connectivity index (χ3v) is 0. The molecule has 0 spiro atoms. The molecule has 0 aliphatic rings. The molecule has 0 atom stereocenters. The van der Waals surface area contributed by atoms with Crippen LogP contribution in [0.3, 0.4) is 0 Å². The van der Waals surface area contributed by atoms with Gasteiger partial charge in [0.25, 0.3) is 0 Å². The molecular weight excluding hydrogens is 623 g/mol. The monoisotopic (exact) mass is 624 g/mol. The van der Waals surface area contributed by atoms with Crippen LogP contribution >= 0.6 is 0 Å². The van der Waals surface area contributed by atoms with E-state index in [1.165, 1.54) is 0 Å². The van der Waals surface area contributed by atoms with Gasteiger partial charge in [0, 0.05) is 0 Å². The van der Waals surface area contributed by atoms with Gasteiger partial charge < -0.3 is 49.3 Å². The van der Waals surface area contributed by atoms with E-state index in [0.29, 0.717) is 0 Å². The van der Waals surface area contributed by atoms with Gasteiger partial charge >= 0.3 is 76.3 Å². The molecule has 0 unspecified atom stereocenters.